The summed E-state index contributed by atoms with van der Waals surface area (Å²) in [7, 11) is -5.94. The molecule has 0 spiro atoms. The van der Waals surface area contributed by atoms with Gasteiger partial charge in [-0.1, -0.05) is 6.58 Å². The van der Waals surface area contributed by atoms with Gasteiger partial charge >= 0.3 is 27.3 Å². The van der Waals surface area contributed by atoms with Crippen molar-refractivity contribution in [3.8, 4) is 11.5 Å². The van der Waals surface area contributed by atoms with Gasteiger partial charge in [0.15, 0.2) is 0 Å². The minimum absolute atomic E-state index is 0.0150. The highest BCUT2D eigenvalue weighted by molar-refractivity contribution is 7.87. The second-order valence-corrected chi connectivity index (χ2v) is 4.94. The Morgan fingerprint density at radius 1 is 1.14 bits per heavy atom. The van der Waals surface area contributed by atoms with Crippen LogP contribution < -0.4 is 9.47 Å². The standard InChI is InChI=1S/C11H8F2O7S/c1-2-9(14)19-7-3-5-8(6-4-7)20-10(15)11(12,13)21(16,17)18/h2-6H,1H2,(H,16,17,18). The Kier molecular flexibility index (Phi) is 4.76. The molecule has 0 heterocycles. The van der Waals surface area contributed by atoms with E-state index in [1.165, 1.54) is 0 Å². The van der Waals surface area contributed by atoms with Gasteiger partial charge in [-0.05, 0) is 24.3 Å². The molecule has 0 radical (unpaired) electrons. The second kappa shape index (κ2) is 5.97. The van der Waals surface area contributed by atoms with Gasteiger partial charge in [-0.25, -0.2) is 9.59 Å². The van der Waals surface area contributed by atoms with Crippen LogP contribution >= 0.6 is 0 Å². The van der Waals surface area contributed by atoms with Crippen LogP contribution in [0.25, 0.3) is 0 Å². The molecule has 0 aromatic heterocycles. The third-order valence-electron chi connectivity index (χ3n) is 1.98. The Morgan fingerprint density at radius 2 is 1.57 bits per heavy atom. The molecule has 0 atom stereocenters. The number of carbonyl (C=O) groups excluding carboxylic acids is 2. The Bertz CT molecular complexity index is 664. The fourth-order valence-corrected chi connectivity index (χ4v) is 1.26. The summed E-state index contributed by atoms with van der Waals surface area (Å²) in [5.41, 5.74) is 0. The lowest BCUT2D eigenvalue weighted by Gasteiger charge is -2.11. The molecule has 7 nitrogen and oxygen atoms in total. The van der Waals surface area contributed by atoms with E-state index >= 15 is 0 Å². The zero-order valence-electron chi connectivity index (χ0n) is 10.2. The second-order valence-electron chi connectivity index (χ2n) is 3.48. The van der Waals surface area contributed by atoms with E-state index in [2.05, 4.69) is 16.1 Å². The normalized spacial score (nSPS) is 11.6. The van der Waals surface area contributed by atoms with E-state index in [1.807, 2.05) is 0 Å². The van der Waals surface area contributed by atoms with Crippen molar-refractivity contribution in [3.05, 3.63) is 36.9 Å². The molecule has 0 aliphatic rings. The van der Waals surface area contributed by atoms with E-state index < -0.39 is 33.1 Å². The minimum Gasteiger partial charge on any atom is -0.423 e. The first-order valence-corrected chi connectivity index (χ1v) is 6.53. The molecule has 0 fully saturated rings. The molecular formula is C11H8F2O7S. The fraction of sp³-hybridized carbons (Fsp3) is 0.0909. The summed E-state index contributed by atoms with van der Waals surface area (Å²) in [5, 5.41) is -5.10. The summed E-state index contributed by atoms with van der Waals surface area (Å²) in [6.45, 7) is 3.16. The lowest BCUT2D eigenvalue weighted by Crippen LogP contribution is -2.40. The molecule has 1 aromatic rings. The highest BCUT2D eigenvalue weighted by Crippen LogP contribution is 2.25. The van der Waals surface area contributed by atoms with Crippen LogP contribution in [0.3, 0.4) is 0 Å². The van der Waals surface area contributed by atoms with Crippen LogP contribution in [0.2, 0.25) is 0 Å². The van der Waals surface area contributed by atoms with Crippen molar-refractivity contribution in [3.63, 3.8) is 0 Å². The number of esters is 2. The maximum absolute atomic E-state index is 12.9. The number of hydrogen-bond donors (Lipinski definition) is 1. The SMILES string of the molecule is C=CC(=O)Oc1ccc(OC(=O)C(F)(F)S(=O)(=O)O)cc1. The summed E-state index contributed by atoms with van der Waals surface area (Å²) in [6.07, 6.45) is 0.889. The number of alkyl halides is 2. The van der Waals surface area contributed by atoms with Crippen molar-refractivity contribution < 1.29 is 40.8 Å². The number of benzene rings is 1. The highest BCUT2D eigenvalue weighted by atomic mass is 32.2. The summed E-state index contributed by atoms with van der Waals surface area (Å²) < 4.78 is 63.5. The number of rotatable bonds is 5. The molecule has 0 amide bonds. The smallest absolute Gasteiger partial charge is 0.423 e. The fourth-order valence-electron chi connectivity index (χ4n) is 1.01. The van der Waals surface area contributed by atoms with Crippen LogP contribution in [0.15, 0.2) is 36.9 Å². The molecule has 1 rings (SSSR count). The molecule has 0 saturated heterocycles. The zero-order chi connectivity index (χ0) is 16.3. The van der Waals surface area contributed by atoms with Crippen LogP contribution in [0.1, 0.15) is 0 Å². The molecule has 1 N–H and O–H groups in total. The van der Waals surface area contributed by atoms with Gasteiger partial charge in [0, 0.05) is 6.08 Å². The van der Waals surface area contributed by atoms with E-state index in [9.17, 15) is 26.8 Å². The van der Waals surface area contributed by atoms with E-state index in [0.717, 1.165) is 30.3 Å². The molecule has 0 aliphatic carbocycles. The first-order valence-electron chi connectivity index (χ1n) is 5.09. The van der Waals surface area contributed by atoms with Crippen molar-refractivity contribution in [2.75, 3.05) is 0 Å². The van der Waals surface area contributed by atoms with E-state index in [0.29, 0.717) is 0 Å². The average Bonchev–Trinajstić information content (AvgIpc) is 2.39. The predicted molar refractivity (Wildman–Crippen MR) is 64.4 cm³/mol. The third-order valence-corrected chi connectivity index (χ3v) is 2.80. The van der Waals surface area contributed by atoms with Crippen molar-refractivity contribution in [2.24, 2.45) is 0 Å². The number of hydrogen-bond acceptors (Lipinski definition) is 6. The largest absolute Gasteiger partial charge is 0.466 e. The van der Waals surface area contributed by atoms with Gasteiger partial charge in [-0.2, -0.15) is 17.2 Å². The van der Waals surface area contributed by atoms with Crippen LogP contribution in [0, 0.1) is 0 Å². The first kappa shape index (κ1) is 16.7. The quantitative estimate of drug-likeness (QED) is 0.375. The monoisotopic (exact) mass is 322 g/mol. The maximum Gasteiger partial charge on any atom is 0.466 e. The topological polar surface area (TPSA) is 107 Å². The van der Waals surface area contributed by atoms with Gasteiger partial charge in [0.25, 0.3) is 0 Å². The lowest BCUT2D eigenvalue weighted by molar-refractivity contribution is -0.151. The first-order chi connectivity index (χ1) is 9.57. The highest BCUT2D eigenvalue weighted by Gasteiger charge is 2.54. The zero-order valence-corrected chi connectivity index (χ0v) is 11.0. The van der Waals surface area contributed by atoms with Gasteiger partial charge in [0.1, 0.15) is 11.5 Å². The molecule has 0 saturated carbocycles. The van der Waals surface area contributed by atoms with E-state index in [1.54, 1.807) is 0 Å². The molecule has 0 aliphatic heterocycles. The summed E-state index contributed by atoms with van der Waals surface area (Å²) in [4.78, 5) is 21.8. The molecular weight excluding hydrogens is 314 g/mol. The summed E-state index contributed by atoms with van der Waals surface area (Å²) >= 11 is 0. The predicted octanol–water partition coefficient (Wildman–Crippen LogP) is 1.16. The van der Waals surface area contributed by atoms with Crippen molar-refractivity contribution in [1.29, 1.82) is 0 Å². The van der Waals surface area contributed by atoms with Gasteiger partial charge in [-0.3, -0.25) is 4.55 Å². The van der Waals surface area contributed by atoms with Gasteiger partial charge in [0.2, 0.25) is 0 Å². The summed E-state index contributed by atoms with van der Waals surface area (Å²) in [5.74, 6) is -3.67. The molecule has 0 unspecified atom stereocenters. The van der Waals surface area contributed by atoms with Crippen LogP contribution in [-0.2, 0) is 19.7 Å². The van der Waals surface area contributed by atoms with Gasteiger partial charge in [0.05, 0.1) is 0 Å². The van der Waals surface area contributed by atoms with E-state index in [-0.39, 0.29) is 5.75 Å². The van der Waals surface area contributed by atoms with Crippen molar-refractivity contribution >= 4 is 22.1 Å². The molecule has 10 heteroatoms. The molecule has 114 valence electrons. The summed E-state index contributed by atoms with van der Waals surface area (Å²) in [6, 6.07) is 4.17. The maximum atomic E-state index is 12.9. The van der Waals surface area contributed by atoms with Gasteiger partial charge < -0.3 is 9.47 Å². The number of halogens is 2. The lowest BCUT2D eigenvalue weighted by atomic mass is 10.3. The van der Waals surface area contributed by atoms with Crippen LogP contribution in [-0.4, -0.2) is 30.2 Å². The van der Waals surface area contributed by atoms with Gasteiger partial charge in [-0.15, -0.1) is 0 Å². The Morgan fingerprint density at radius 3 is 1.95 bits per heavy atom. The van der Waals surface area contributed by atoms with Crippen molar-refractivity contribution in [1.82, 2.24) is 0 Å². The Hall–Kier alpha value is -2.33. The number of ether oxygens (including phenoxy) is 2. The number of carbonyl (C=O) groups is 2. The van der Waals surface area contributed by atoms with E-state index in [4.69, 9.17) is 4.55 Å². The van der Waals surface area contributed by atoms with Crippen LogP contribution in [0.5, 0.6) is 11.5 Å². The van der Waals surface area contributed by atoms with Crippen molar-refractivity contribution in [2.45, 2.75) is 5.25 Å². The van der Waals surface area contributed by atoms with Crippen LogP contribution in [0.4, 0.5) is 8.78 Å². The molecule has 0 bridgehead atoms. The average molecular weight is 322 g/mol. The third kappa shape index (κ3) is 4.07. The minimum atomic E-state index is -5.94. The molecule has 21 heavy (non-hydrogen) atoms. The Balaban J connectivity index is 2.83. The molecule has 1 aromatic carbocycles. The Labute approximate surface area is 117 Å².